The number of methoxy groups -OCH3 is 2. The zero-order valence-corrected chi connectivity index (χ0v) is 14.1. The molecule has 0 amide bonds. The highest BCUT2D eigenvalue weighted by Crippen LogP contribution is 2.36. The van der Waals surface area contributed by atoms with Crippen LogP contribution >= 0.6 is 0 Å². The van der Waals surface area contributed by atoms with Gasteiger partial charge in [-0.25, -0.2) is 4.98 Å². The quantitative estimate of drug-likeness (QED) is 0.740. The Morgan fingerprint density at radius 1 is 1.16 bits per heavy atom. The summed E-state index contributed by atoms with van der Waals surface area (Å²) < 4.78 is 10.7. The van der Waals surface area contributed by atoms with E-state index in [-0.39, 0.29) is 5.78 Å². The maximum atomic E-state index is 13.0. The van der Waals surface area contributed by atoms with Gasteiger partial charge in [-0.05, 0) is 48.7 Å². The van der Waals surface area contributed by atoms with E-state index in [9.17, 15) is 4.79 Å². The number of hydrogen-bond donors (Lipinski definition) is 1. The van der Waals surface area contributed by atoms with Gasteiger partial charge in [0.15, 0.2) is 17.3 Å². The normalized spacial score (nSPS) is 15.4. The third kappa shape index (κ3) is 2.58. The minimum absolute atomic E-state index is 0.0421. The summed E-state index contributed by atoms with van der Waals surface area (Å²) in [6.07, 6.45) is 7.10. The number of benzene rings is 1. The summed E-state index contributed by atoms with van der Waals surface area (Å²) >= 11 is 0. The molecule has 0 aliphatic heterocycles. The van der Waals surface area contributed by atoms with Gasteiger partial charge in [-0.15, -0.1) is 0 Å². The van der Waals surface area contributed by atoms with Gasteiger partial charge in [-0.3, -0.25) is 4.79 Å². The van der Waals surface area contributed by atoms with Gasteiger partial charge in [-0.1, -0.05) is 0 Å². The summed E-state index contributed by atoms with van der Waals surface area (Å²) in [5.74, 6) is 1.27. The number of fused-ring (bicyclic) bond motifs is 2. The lowest BCUT2D eigenvalue weighted by atomic mass is 9.85. The molecule has 5 heteroatoms. The van der Waals surface area contributed by atoms with E-state index >= 15 is 0 Å². The highest BCUT2D eigenvalue weighted by molar-refractivity contribution is 6.14. The Morgan fingerprint density at radius 2 is 1.96 bits per heavy atom. The number of rotatable bonds is 3. The van der Waals surface area contributed by atoms with Gasteiger partial charge in [0.1, 0.15) is 5.65 Å². The average molecular weight is 334 g/mol. The van der Waals surface area contributed by atoms with E-state index in [0.717, 1.165) is 34.2 Å². The molecule has 0 saturated heterocycles. The second-order valence-electron chi connectivity index (χ2n) is 6.01. The number of allylic oxidation sites excluding steroid dienone is 1. The first kappa shape index (κ1) is 15.4. The second kappa shape index (κ2) is 6.09. The molecule has 0 spiro atoms. The molecule has 1 aliphatic rings. The van der Waals surface area contributed by atoms with E-state index in [1.165, 1.54) is 0 Å². The molecular weight excluding hydrogens is 316 g/mol. The number of carbonyl (C=O) groups is 1. The molecule has 0 atom stereocenters. The van der Waals surface area contributed by atoms with Crippen molar-refractivity contribution < 1.29 is 14.3 Å². The van der Waals surface area contributed by atoms with Crippen molar-refractivity contribution in [2.45, 2.75) is 12.8 Å². The van der Waals surface area contributed by atoms with Gasteiger partial charge in [0.2, 0.25) is 0 Å². The first-order valence-corrected chi connectivity index (χ1v) is 8.13. The molecule has 0 bridgehead atoms. The third-order valence-corrected chi connectivity index (χ3v) is 4.62. The predicted molar refractivity (Wildman–Crippen MR) is 96.3 cm³/mol. The van der Waals surface area contributed by atoms with Crippen LogP contribution in [0.1, 0.15) is 27.9 Å². The van der Waals surface area contributed by atoms with Crippen LogP contribution in [0.25, 0.3) is 17.1 Å². The van der Waals surface area contributed by atoms with Crippen molar-refractivity contribution in [2.75, 3.05) is 14.2 Å². The molecule has 1 N–H and O–H groups in total. The maximum absolute atomic E-state index is 13.0. The van der Waals surface area contributed by atoms with Crippen molar-refractivity contribution >= 4 is 22.9 Å². The molecule has 2 heterocycles. The van der Waals surface area contributed by atoms with Crippen LogP contribution < -0.4 is 9.47 Å². The van der Waals surface area contributed by atoms with Crippen LogP contribution in [0, 0.1) is 0 Å². The minimum atomic E-state index is 0.0421. The summed E-state index contributed by atoms with van der Waals surface area (Å²) in [7, 11) is 3.18. The first-order chi connectivity index (χ1) is 12.2. The second-order valence-corrected chi connectivity index (χ2v) is 6.01. The Bertz CT molecular complexity index is 1000. The minimum Gasteiger partial charge on any atom is -0.493 e. The maximum Gasteiger partial charge on any atom is 0.189 e. The topological polar surface area (TPSA) is 64.2 Å². The van der Waals surface area contributed by atoms with E-state index in [4.69, 9.17) is 9.47 Å². The smallest absolute Gasteiger partial charge is 0.189 e. The Labute approximate surface area is 145 Å². The largest absolute Gasteiger partial charge is 0.493 e. The number of ether oxygens (including phenoxy) is 2. The van der Waals surface area contributed by atoms with Crippen molar-refractivity contribution in [2.24, 2.45) is 0 Å². The SMILES string of the molecule is COc1cc2c(cc1OC)C(=O)/C(=C/c1c[nH]c3ncccc13)CC2. The summed E-state index contributed by atoms with van der Waals surface area (Å²) in [6.45, 7) is 0. The van der Waals surface area contributed by atoms with Gasteiger partial charge in [0, 0.05) is 34.5 Å². The number of aromatic amines is 1. The molecule has 5 nitrogen and oxygen atoms in total. The fourth-order valence-corrected chi connectivity index (χ4v) is 3.32. The molecule has 2 aromatic heterocycles. The Hall–Kier alpha value is -3.08. The van der Waals surface area contributed by atoms with E-state index in [2.05, 4.69) is 9.97 Å². The van der Waals surface area contributed by atoms with Crippen molar-refractivity contribution in [3.63, 3.8) is 0 Å². The summed E-state index contributed by atoms with van der Waals surface area (Å²) in [5.41, 5.74) is 4.29. The Balaban J connectivity index is 1.76. The number of pyridine rings is 1. The molecule has 0 unspecified atom stereocenters. The molecule has 4 rings (SSSR count). The van der Waals surface area contributed by atoms with Gasteiger partial charge in [0.25, 0.3) is 0 Å². The van der Waals surface area contributed by atoms with Gasteiger partial charge >= 0.3 is 0 Å². The number of aryl methyl sites for hydroxylation is 1. The first-order valence-electron chi connectivity index (χ1n) is 8.13. The third-order valence-electron chi connectivity index (χ3n) is 4.62. The lowest BCUT2D eigenvalue weighted by molar-refractivity contribution is 0.102. The van der Waals surface area contributed by atoms with E-state index in [0.29, 0.717) is 23.5 Å². The van der Waals surface area contributed by atoms with Crippen LogP contribution in [0.5, 0.6) is 11.5 Å². The Morgan fingerprint density at radius 3 is 2.76 bits per heavy atom. The molecule has 1 aliphatic carbocycles. The standard InChI is InChI=1S/C20H18N2O3/c1-24-17-9-12-5-6-13(19(23)16(12)10-18(17)25-2)8-14-11-22-20-15(14)4-3-7-21-20/h3-4,7-11H,5-6H2,1-2H3,(H,21,22)/b13-8+. The molecule has 126 valence electrons. The number of carbonyl (C=O) groups excluding carboxylic acids is 1. The van der Waals surface area contributed by atoms with Crippen LogP contribution in [-0.4, -0.2) is 30.0 Å². The highest BCUT2D eigenvalue weighted by atomic mass is 16.5. The Kier molecular flexibility index (Phi) is 3.76. The van der Waals surface area contributed by atoms with E-state index in [1.54, 1.807) is 26.5 Å². The van der Waals surface area contributed by atoms with Crippen LogP contribution in [0.2, 0.25) is 0 Å². The van der Waals surface area contributed by atoms with Gasteiger partial charge < -0.3 is 14.5 Å². The lowest BCUT2D eigenvalue weighted by Crippen LogP contribution is -2.14. The van der Waals surface area contributed by atoms with Crippen LogP contribution in [0.15, 0.2) is 42.2 Å². The molecule has 0 fully saturated rings. The van der Waals surface area contributed by atoms with Crippen molar-refractivity contribution in [1.29, 1.82) is 0 Å². The number of H-pyrrole nitrogens is 1. The van der Waals surface area contributed by atoms with Crippen LogP contribution in [-0.2, 0) is 6.42 Å². The number of hydrogen-bond acceptors (Lipinski definition) is 4. The number of ketones is 1. The van der Waals surface area contributed by atoms with Crippen LogP contribution in [0.3, 0.4) is 0 Å². The van der Waals surface area contributed by atoms with Crippen molar-refractivity contribution in [1.82, 2.24) is 9.97 Å². The zero-order valence-electron chi connectivity index (χ0n) is 14.1. The number of nitrogens with zero attached hydrogens (tertiary/aromatic N) is 1. The lowest BCUT2D eigenvalue weighted by Gasteiger charge is -2.20. The van der Waals surface area contributed by atoms with E-state index < -0.39 is 0 Å². The molecule has 25 heavy (non-hydrogen) atoms. The molecule has 1 aromatic carbocycles. The summed E-state index contributed by atoms with van der Waals surface area (Å²) in [4.78, 5) is 20.4. The predicted octanol–water partition coefficient (Wildman–Crippen LogP) is 3.79. The summed E-state index contributed by atoms with van der Waals surface area (Å²) in [5, 5.41) is 1.01. The molecule has 0 radical (unpaired) electrons. The molecular formula is C20H18N2O3. The van der Waals surface area contributed by atoms with Gasteiger partial charge in [0.05, 0.1) is 14.2 Å². The fourth-order valence-electron chi connectivity index (χ4n) is 3.32. The van der Waals surface area contributed by atoms with Gasteiger partial charge in [-0.2, -0.15) is 0 Å². The van der Waals surface area contributed by atoms with Crippen molar-refractivity contribution in [3.8, 4) is 11.5 Å². The van der Waals surface area contributed by atoms with Crippen LogP contribution in [0.4, 0.5) is 0 Å². The van der Waals surface area contributed by atoms with E-state index in [1.807, 2.05) is 30.5 Å². The molecule has 0 saturated carbocycles. The van der Waals surface area contributed by atoms with Crippen molar-refractivity contribution in [3.05, 3.63) is 58.9 Å². The number of nitrogens with one attached hydrogen (secondary N) is 1. The fraction of sp³-hybridized carbons (Fsp3) is 0.200. The zero-order chi connectivity index (χ0) is 17.4. The number of Topliss-reactive ketones (excluding diaryl/α,β-unsaturated/α-hetero) is 1. The highest BCUT2D eigenvalue weighted by Gasteiger charge is 2.24. The number of aromatic nitrogens is 2. The summed E-state index contributed by atoms with van der Waals surface area (Å²) in [6, 6.07) is 7.58. The molecule has 3 aromatic rings. The average Bonchev–Trinajstić information content (AvgIpc) is 3.06. The monoisotopic (exact) mass is 334 g/mol.